The summed E-state index contributed by atoms with van der Waals surface area (Å²) >= 11 is 0. The molecule has 1 aromatic carbocycles. The van der Waals surface area contributed by atoms with E-state index in [0.29, 0.717) is 32.4 Å². The van der Waals surface area contributed by atoms with Gasteiger partial charge >= 0.3 is 5.69 Å². The Morgan fingerprint density at radius 2 is 2.03 bits per heavy atom. The van der Waals surface area contributed by atoms with Gasteiger partial charge in [0.2, 0.25) is 23.5 Å². The molecule has 1 fully saturated rings. The standard InChI is InChI=1S/C19H23N7O5/c20-15(28)10-22-19(29)14-2-1-9-25(14)18-16(26(30)31)17(23-11-24-18)21-8-7-12-3-5-13(27)6-4-12/h3-6,11,14,27H,1-2,7-10H2,(H2,20,28)(H,22,29)(H,21,23,24). The summed E-state index contributed by atoms with van der Waals surface area (Å²) in [6.07, 6.45) is 2.87. The van der Waals surface area contributed by atoms with Crippen LogP contribution in [0.3, 0.4) is 0 Å². The molecule has 12 heteroatoms. The fraction of sp³-hybridized carbons (Fsp3) is 0.368. The number of nitrogens with zero attached hydrogens (tertiary/aromatic N) is 4. The molecule has 2 aromatic rings. The third-order valence-corrected chi connectivity index (χ3v) is 4.89. The fourth-order valence-corrected chi connectivity index (χ4v) is 3.45. The SMILES string of the molecule is NC(=O)CNC(=O)C1CCCN1c1ncnc(NCCc2ccc(O)cc2)c1[N+](=O)[O-]. The quantitative estimate of drug-likeness (QED) is 0.323. The van der Waals surface area contributed by atoms with Crippen LogP contribution >= 0.6 is 0 Å². The summed E-state index contributed by atoms with van der Waals surface area (Å²) in [4.78, 5) is 44.3. The number of phenolic OH excluding ortho intramolecular Hbond substituents is 1. The van der Waals surface area contributed by atoms with Gasteiger partial charge in [0.1, 0.15) is 18.1 Å². The van der Waals surface area contributed by atoms with Crippen LogP contribution in [0.4, 0.5) is 17.3 Å². The molecule has 1 aliphatic rings. The molecule has 2 amide bonds. The second kappa shape index (κ2) is 9.69. The average molecular weight is 429 g/mol. The number of nitrogens with two attached hydrogens (primary N) is 1. The van der Waals surface area contributed by atoms with Crippen molar-refractivity contribution in [3.8, 4) is 5.75 Å². The van der Waals surface area contributed by atoms with Crippen LogP contribution < -0.4 is 21.3 Å². The number of aromatic nitrogens is 2. The molecule has 5 N–H and O–H groups in total. The third kappa shape index (κ3) is 5.35. The minimum absolute atomic E-state index is 0.0452. The van der Waals surface area contributed by atoms with Crippen molar-refractivity contribution in [1.29, 1.82) is 0 Å². The lowest BCUT2D eigenvalue weighted by Crippen LogP contribution is -2.46. The Hall–Kier alpha value is -3.96. The van der Waals surface area contributed by atoms with Crippen LogP contribution in [-0.4, -0.2) is 57.5 Å². The van der Waals surface area contributed by atoms with Crippen molar-refractivity contribution in [2.45, 2.75) is 25.3 Å². The first-order valence-electron chi connectivity index (χ1n) is 9.70. The maximum atomic E-state index is 12.4. The molecule has 1 aromatic heterocycles. The largest absolute Gasteiger partial charge is 0.508 e. The Morgan fingerprint density at radius 3 is 2.71 bits per heavy atom. The molecule has 1 aliphatic heterocycles. The van der Waals surface area contributed by atoms with Crippen molar-refractivity contribution in [3.63, 3.8) is 0 Å². The van der Waals surface area contributed by atoms with Gasteiger partial charge in [-0.25, -0.2) is 9.97 Å². The number of carbonyl (C=O) groups excluding carboxylic acids is 2. The number of hydrogen-bond donors (Lipinski definition) is 4. The lowest BCUT2D eigenvalue weighted by molar-refractivity contribution is -0.383. The van der Waals surface area contributed by atoms with Gasteiger partial charge in [0.05, 0.1) is 11.5 Å². The van der Waals surface area contributed by atoms with Gasteiger partial charge in [-0.1, -0.05) is 12.1 Å². The van der Waals surface area contributed by atoms with Crippen LogP contribution in [0.15, 0.2) is 30.6 Å². The number of nitrogens with one attached hydrogen (secondary N) is 2. The van der Waals surface area contributed by atoms with Gasteiger partial charge in [0, 0.05) is 13.1 Å². The van der Waals surface area contributed by atoms with Gasteiger partial charge < -0.3 is 26.4 Å². The van der Waals surface area contributed by atoms with E-state index in [4.69, 9.17) is 5.73 Å². The molecule has 0 bridgehead atoms. The normalized spacial score (nSPS) is 15.5. The average Bonchev–Trinajstić information content (AvgIpc) is 3.23. The van der Waals surface area contributed by atoms with Crippen molar-refractivity contribution >= 4 is 29.1 Å². The van der Waals surface area contributed by atoms with Gasteiger partial charge in [-0.15, -0.1) is 0 Å². The molecular weight excluding hydrogens is 406 g/mol. The first-order chi connectivity index (χ1) is 14.9. The second-order valence-electron chi connectivity index (χ2n) is 7.03. The zero-order valence-corrected chi connectivity index (χ0v) is 16.7. The van der Waals surface area contributed by atoms with E-state index in [2.05, 4.69) is 20.6 Å². The van der Waals surface area contributed by atoms with E-state index in [1.54, 1.807) is 29.2 Å². The summed E-state index contributed by atoms with van der Waals surface area (Å²) in [6.45, 7) is 0.461. The van der Waals surface area contributed by atoms with Gasteiger partial charge in [0.15, 0.2) is 0 Å². The number of amides is 2. The van der Waals surface area contributed by atoms with Crippen LogP contribution in [0.5, 0.6) is 5.75 Å². The summed E-state index contributed by atoms with van der Waals surface area (Å²) in [7, 11) is 0. The Morgan fingerprint density at radius 1 is 1.29 bits per heavy atom. The minimum Gasteiger partial charge on any atom is -0.508 e. The third-order valence-electron chi connectivity index (χ3n) is 4.89. The monoisotopic (exact) mass is 429 g/mol. The smallest absolute Gasteiger partial charge is 0.353 e. The highest BCUT2D eigenvalue weighted by atomic mass is 16.6. The molecule has 12 nitrogen and oxygen atoms in total. The highest BCUT2D eigenvalue weighted by molar-refractivity contribution is 5.90. The first kappa shape index (κ1) is 21.7. The minimum atomic E-state index is -0.696. The van der Waals surface area contributed by atoms with E-state index in [0.717, 1.165) is 5.56 Å². The molecule has 1 saturated heterocycles. The van der Waals surface area contributed by atoms with Gasteiger partial charge in [-0.3, -0.25) is 19.7 Å². The number of rotatable bonds is 9. The summed E-state index contributed by atoms with van der Waals surface area (Å²) in [5.74, 6) is -0.856. The Labute approximate surface area is 177 Å². The lowest BCUT2D eigenvalue weighted by atomic mass is 10.1. The zero-order chi connectivity index (χ0) is 22.4. The summed E-state index contributed by atoms with van der Waals surface area (Å²) in [6, 6.07) is 5.96. The predicted octanol–water partition coefficient (Wildman–Crippen LogP) is 0.315. The number of anilines is 2. The van der Waals surface area contributed by atoms with Crippen LogP contribution in [0, 0.1) is 10.1 Å². The molecule has 2 heterocycles. The molecule has 1 atom stereocenters. The fourth-order valence-electron chi connectivity index (χ4n) is 3.45. The van der Waals surface area contributed by atoms with Crippen LogP contribution in [0.1, 0.15) is 18.4 Å². The molecular formula is C19H23N7O5. The van der Waals surface area contributed by atoms with E-state index in [1.807, 2.05) is 0 Å². The van der Waals surface area contributed by atoms with Gasteiger partial charge in [0.25, 0.3) is 0 Å². The number of nitro groups is 1. The van der Waals surface area contributed by atoms with Crippen LogP contribution in [0.2, 0.25) is 0 Å². The summed E-state index contributed by atoms with van der Waals surface area (Å²) in [5.41, 5.74) is 5.69. The van der Waals surface area contributed by atoms with E-state index in [-0.39, 0.29) is 29.6 Å². The van der Waals surface area contributed by atoms with E-state index >= 15 is 0 Å². The molecule has 0 aliphatic carbocycles. The number of primary amides is 1. The Bertz CT molecular complexity index is 967. The lowest BCUT2D eigenvalue weighted by Gasteiger charge is -2.24. The molecule has 0 radical (unpaired) electrons. The van der Waals surface area contributed by atoms with Crippen LogP contribution in [-0.2, 0) is 16.0 Å². The first-order valence-corrected chi connectivity index (χ1v) is 9.70. The summed E-state index contributed by atoms with van der Waals surface area (Å²) < 4.78 is 0. The number of phenols is 1. The number of carbonyl (C=O) groups is 2. The molecule has 31 heavy (non-hydrogen) atoms. The van der Waals surface area contributed by atoms with Crippen molar-refractivity contribution in [3.05, 3.63) is 46.3 Å². The molecule has 164 valence electrons. The highest BCUT2D eigenvalue weighted by Crippen LogP contribution is 2.35. The van der Waals surface area contributed by atoms with Gasteiger partial charge in [-0.05, 0) is 37.0 Å². The number of hydrogen-bond acceptors (Lipinski definition) is 9. The maximum absolute atomic E-state index is 12.4. The molecule has 3 rings (SSSR count). The van der Waals surface area contributed by atoms with Crippen molar-refractivity contribution in [1.82, 2.24) is 15.3 Å². The molecule has 1 unspecified atom stereocenters. The van der Waals surface area contributed by atoms with E-state index in [9.17, 15) is 24.8 Å². The van der Waals surface area contributed by atoms with Crippen molar-refractivity contribution in [2.75, 3.05) is 29.9 Å². The zero-order valence-electron chi connectivity index (χ0n) is 16.7. The topological polar surface area (TPSA) is 177 Å². The Balaban J connectivity index is 1.77. The highest BCUT2D eigenvalue weighted by Gasteiger charge is 2.37. The predicted molar refractivity (Wildman–Crippen MR) is 112 cm³/mol. The van der Waals surface area contributed by atoms with E-state index < -0.39 is 22.8 Å². The number of benzene rings is 1. The van der Waals surface area contributed by atoms with Crippen molar-refractivity contribution < 1.29 is 19.6 Å². The van der Waals surface area contributed by atoms with E-state index in [1.165, 1.54) is 6.33 Å². The molecule has 0 spiro atoms. The maximum Gasteiger partial charge on any atom is 0.353 e. The molecule has 0 saturated carbocycles. The Kier molecular flexibility index (Phi) is 6.80. The second-order valence-corrected chi connectivity index (χ2v) is 7.03. The van der Waals surface area contributed by atoms with Crippen molar-refractivity contribution in [2.24, 2.45) is 5.73 Å². The number of aromatic hydroxyl groups is 1. The van der Waals surface area contributed by atoms with Gasteiger partial charge in [-0.2, -0.15) is 0 Å². The van der Waals surface area contributed by atoms with Crippen LogP contribution in [0.25, 0.3) is 0 Å². The summed E-state index contributed by atoms with van der Waals surface area (Å²) in [5, 5.41) is 26.6.